The number of aromatic nitrogens is 8. The van der Waals surface area contributed by atoms with Crippen molar-refractivity contribution in [3.05, 3.63) is 238 Å². The van der Waals surface area contributed by atoms with Gasteiger partial charge in [0.25, 0.3) is 0 Å². The number of hydrogen-bond donors (Lipinski definition) is 4. The van der Waals surface area contributed by atoms with E-state index in [1.807, 2.05) is 12.3 Å². The van der Waals surface area contributed by atoms with Crippen molar-refractivity contribution >= 4 is 50.6 Å². The monoisotopic (exact) mass is 888 g/mol. The van der Waals surface area contributed by atoms with Gasteiger partial charge in [0.2, 0.25) is 25.1 Å². The second-order valence-corrected chi connectivity index (χ2v) is 21.1. The Morgan fingerprint density at radius 3 is 1.11 bits per heavy atom. The molecule has 0 aliphatic rings. The first kappa shape index (κ1) is 39.7. The van der Waals surface area contributed by atoms with Crippen LogP contribution >= 0.6 is 33.5 Å². The van der Waals surface area contributed by atoms with E-state index in [2.05, 4.69) is 282 Å². The molecule has 10 rings (SSSR count). The third-order valence-corrected chi connectivity index (χ3v) is 17.7. The van der Waals surface area contributed by atoms with Gasteiger partial charge in [-0.1, -0.05) is 18.2 Å². The zero-order valence-corrected chi connectivity index (χ0v) is 37.3. The summed E-state index contributed by atoms with van der Waals surface area (Å²) in [4.78, 5) is 0. The maximum absolute atomic E-state index is 4.11. The van der Waals surface area contributed by atoms with E-state index in [1.54, 1.807) is 0 Å². The van der Waals surface area contributed by atoms with Crippen LogP contribution in [0.25, 0.3) is 11.1 Å². The Morgan fingerprint density at radius 1 is 0.387 bits per heavy atom. The first-order chi connectivity index (χ1) is 30.7. The Morgan fingerprint density at radius 2 is 0.726 bits per heavy atom. The Balaban J connectivity index is 1.19. The molecule has 8 heterocycles. The summed E-state index contributed by atoms with van der Waals surface area (Å²) >= 11 is 0. The number of anilines is 3. The molecule has 16 heteroatoms. The van der Waals surface area contributed by atoms with Crippen LogP contribution in [-0.4, -0.2) is 34.7 Å². The fourth-order valence-electron chi connectivity index (χ4n) is 7.34. The molecular formula is C46H44N12P4. The van der Waals surface area contributed by atoms with Crippen LogP contribution in [-0.2, 0) is 0 Å². The molecule has 12 nitrogen and oxygen atoms in total. The average molecular weight is 889 g/mol. The van der Waals surface area contributed by atoms with Gasteiger partial charge in [-0.25, -0.2) is 4.34 Å². The Bertz CT molecular complexity index is 2600. The third kappa shape index (κ3) is 8.30. The van der Waals surface area contributed by atoms with Crippen molar-refractivity contribution in [1.82, 2.24) is 39.8 Å². The van der Waals surface area contributed by atoms with Crippen LogP contribution in [0.5, 0.6) is 0 Å². The van der Waals surface area contributed by atoms with Gasteiger partial charge in [0.1, 0.15) is 0 Å². The largest absolute Gasteiger partial charge is 0.329 e. The molecule has 0 radical (unpaired) electrons. The minimum Gasteiger partial charge on any atom is -0.329 e. The van der Waals surface area contributed by atoms with E-state index < -0.39 is 33.5 Å². The molecule has 10 aromatic rings. The van der Waals surface area contributed by atoms with Gasteiger partial charge in [-0.3, -0.25) is 26.8 Å². The van der Waals surface area contributed by atoms with Crippen LogP contribution in [0, 0.1) is 12.3 Å². The molecule has 2 aromatic carbocycles. The van der Waals surface area contributed by atoms with Crippen LogP contribution in [0.15, 0.2) is 220 Å². The minimum atomic E-state index is -1.22. The van der Waals surface area contributed by atoms with Crippen molar-refractivity contribution < 1.29 is 0 Å². The number of nitrogens with one attached hydrogen (secondary N) is 4. The number of hydrogen-bond acceptors (Lipinski definition) is 4. The quantitative estimate of drug-likeness (QED) is 0.0647. The van der Waals surface area contributed by atoms with Gasteiger partial charge in [0.05, 0.1) is 0 Å². The standard InChI is InChI=1S/C46H44N12P4/c1-40(47-59(51-24-2-3-25-51)52-26-4-5-27-52)41-20-18-21-42(48-60(53-28-6-7-29-53)54-30-8-9-31-54)45(41)46-43(49-61(55-32-10-11-33-55)56-34-12-13-35-56)22-19-23-44(46)50-62(57-36-14-15-37-57)58-38-16-17-39-58/h2-16,18-38,40,47-50H,1H3/t40-,62?/m0/s1. The van der Waals surface area contributed by atoms with E-state index in [0.29, 0.717) is 0 Å². The van der Waals surface area contributed by atoms with E-state index in [4.69, 9.17) is 0 Å². The summed E-state index contributed by atoms with van der Waals surface area (Å²) in [5.41, 5.74) is 6.24. The molecule has 0 bridgehead atoms. The molecule has 0 amide bonds. The van der Waals surface area contributed by atoms with Gasteiger partial charge in [-0.15, -0.1) is 0 Å². The van der Waals surface area contributed by atoms with Gasteiger partial charge >= 0.3 is 0 Å². The molecule has 0 aliphatic carbocycles. The summed E-state index contributed by atoms with van der Waals surface area (Å²) in [6, 6.07) is 47.3. The molecule has 8 aromatic heterocycles. The molecular weight excluding hydrogens is 844 g/mol. The van der Waals surface area contributed by atoms with E-state index in [1.165, 1.54) is 0 Å². The highest BCUT2D eigenvalue weighted by Gasteiger charge is 2.28. The van der Waals surface area contributed by atoms with E-state index in [9.17, 15) is 0 Å². The van der Waals surface area contributed by atoms with Crippen molar-refractivity contribution in [3.63, 3.8) is 0 Å². The van der Waals surface area contributed by atoms with Crippen LogP contribution in [0.3, 0.4) is 0 Å². The van der Waals surface area contributed by atoms with Gasteiger partial charge in [-0.2, -0.15) is 0 Å². The van der Waals surface area contributed by atoms with Crippen molar-refractivity contribution in [2.45, 2.75) is 13.0 Å². The predicted octanol–water partition coefficient (Wildman–Crippen LogP) is 12.5. The molecule has 62 heavy (non-hydrogen) atoms. The number of benzene rings is 2. The van der Waals surface area contributed by atoms with Gasteiger partial charge < -0.3 is 23.9 Å². The summed E-state index contributed by atoms with van der Waals surface area (Å²) in [5.74, 6) is 0. The molecule has 0 saturated carbocycles. The maximum atomic E-state index is 4.11. The highest BCUT2D eigenvalue weighted by Crippen LogP contribution is 2.53. The fourth-order valence-corrected chi connectivity index (χ4v) is 14.1. The molecule has 0 spiro atoms. The van der Waals surface area contributed by atoms with Crippen molar-refractivity contribution in [2.24, 2.45) is 0 Å². The van der Waals surface area contributed by atoms with E-state index in [0.717, 1.165) is 33.8 Å². The zero-order chi connectivity index (χ0) is 41.7. The molecule has 308 valence electrons. The van der Waals surface area contributed by atoms with Crippen molar-refractivity contribution in [1.29, 1.82) is 0 Å². The normalized spacial score (nSPS) is 12.1. The summed E-state index contributed by atoms with van der Waals surface area (Å²) < 4.78 is 17.9. The smallest absolute Gasteiger partial charge is 0.221 e. The van der Waals surface area contributed by atoms with Crippen LogP contribution in [0.4, 0.5) is 17.1 Å². The lowest BCUT2D eigenvalue weighted by molar-refractivity contribution is 0.732. The summed E-state index contributed by atoms with van der Waals surface area (Å²) in [6.07, 6.45) is 35.1. The van der Waals surface area contributed by atoms with Crippen LogP contribution in [0.2, 0.25) is 0 Å². The number of nitrogens with zero attached hydrogens (tertiary/aromatic N) is 8. The lowest BCUT2D eigenvalue weighted by atomic mass is 9.92. The second-order valence-electron chi connectivity index (χ2n) is 14.2. The Labute approximate surface area is 366 Å². The minimum absolute atomic E-state index is 0.110. The molecule has 0 saturated heterocycles. The molecule has 0 aliphatic heterocycles. The predicted molar refractivity (Wildman–Crippen MR) is 258 cm³/mol. The maximum Gasteiger partial charge on any atom is 0.221 e. The molecule has 1 unspecified atom stereocenters. The lowest BCUT2D eigenvalue weighted by Gasteiger charge is -2.31. The highest BCUT2D eigenvalue weighted by molar-refractivity contribution is 7.56. The lowest BCUT2D eigenvalue weighted by Crippen LogP contribution is -2.20. The topological polar surface area (TPSA) is 87.6 Å². The first-order valence-corrected chi connectivity index (χ1v) is 25.1. The van der Waals surface area contributed by atoms with E-state index >= 15 is 0 Å². The summed E-state index contributed by atoms with van der Waals surface area (Å²) in [5, 5.41) is 16.4. The van der Waals surface area contributed by atoms with E-state index in [-0.39, 0.29) is 6.04 Å². The zero-order valence-electron chi connectivity index (χ0n) is 33.7. The molecule has 4 N–H and O–H groups in total. The summed E-state index contributed by atoms with van der Waals surface area (Å²) in [7, 11) is -4.54. The van der Waals surface area contributed by atoms with Gasteiger partial charge in [0.15, 0.2) is 8.37 Å². The summed E-state index contributed by atoms with van der Waals surface area (Å²) in [6.45, 7) is 2.28. The number of rotatable bonds is 18. The Kier molecular flexibility index (Phi) is 11.7. The SMILES string of the molecule is C[C@H](NP(n1cccc1)n1cccc1)c1cccc(NP(n2cccc2)n2cccc2)c1-c1c(NP(n2c#ccc2)n2cccc2)cccc1NP(n1cccc1)n1cccc1. The highest BCUT2D eigenvalue weighted by atomic mass is 31.2. The van der Waals surface area contributed by atoms with Gasteiger partial charge in [0, 0.05) is 139 Å². The second kappa shape index (κ2) is 18.3. The van der Waals surface area contributed by atoms with Crippen molar-refractivity contribution in [2.75, 3.05) is 15.3 Å². The van der Waals surface area contributed by atoms with Gasteiger partial charge in [-0.05, 0) is 122 Å². The van der Waals surface area contributed by atoms with Crippen LogP contribution < -0.4 is 20.3 Å². The van der Waals surface area contributed by atoms with Crippen molar-refractivity contribution in [3.8, 4) is 11.1 Å². The molecule has 0 fully saturated rings. The van der Waals surface area contributed by atoms with Crippen LogP contribution in [0.1, 0.15) is 18.5 Å². The third-order valence-electron chi connectivity index (χ3n) is 10.2. The first-order valence-electron chi connectivity index (χ1n) is 20.1. The fraction of sp³-hybridized carbons (Fsp3) is 0.0435. The average Bonchev–Trinajstić information content (AvgIpc) is 4.17. The Hall–Kier alpha value is -6.42. The molecule has 2 atom stereocenters.